The van der Waals surface area contributed by atoms with Gasteiger partial charge in [0.15, 0.2) is 5.69 Å². The summed E-state index contributed by atoms with van der Waals surface area (Å²) in [7, 11) is 0. The largest absolute Gasteiger partial charge is 0.478 e. The molecule has 3 aromatic heterocycles. The predicted molar refractivity (Wildman–Crippen MR) is 85.6 cm³/mol. The van der Waals surface area contributed by atoms with Crippen molar-refractivity contribution in [1.29, 1.82) is 0 Å². The number of alkyl halides is 8. The number of hydrogen-bond acceptors (Lipinski definition) is 4. The average Bonchev–Trinajstić information content (AvgIpc) is 3.06. The van der Waals surface area contributed by atoms with Crippen LogP contribution in [0.4, 0.5) is 35.1 Å². The molecule has 3 heterocycles. The number of fused-ring (bicyclic) bond motifs is 1. The molecule has 31 heavy (non-hydrogen) atoms. The van der Waals surface area contributed by atoms with Crippen LogP contribution in [0.5, 0.6) is 0 Å². The van der Waals surface area contributed by atoms with Crippen LogP contribution < -0.4 is 5.56 Å². The molecule has 3 aromatic rings. The Morgan fingerprint density at radius 1 is 1.10 bits per heavy atom. The zero-order chi connectivity index (χ0) is 23.4. The highest BCUT2D eigenvalue weighted by molar-refractivity contribution is 5.88. The number of pyridine rings is 1. The highest BCUT2D eigenvalue weighted by Crippen LogP contribution is 2.37. The molecule has 0 aliphatic carbocycles. The molecule has 0 aliphatic heterocycles. The highest BCUT2D eigenvalue weighted by atomic mass is 19.4. The van der Waals surface area contributed by atoms with Crippen LogP contribution in [0.1, 0.15) is 16.1 Å². The Morgan fingerprint density at radius 2 is 1.74 bits per heavy atom. The monoisotopic (exact) mass is 456 g/mol. The normalized spacial score (nSPS) is 13.0. The summed E-state index contributed by atoms with van der Waals surface area (Å²) in [5, 5.41) is 12.1. The Bertz CT molecular complexity index is 1230. The molecular formula is C16H8F8N4O3. The van der Waals surface area contributed by atoms with Crippen molar-refractivity contribution in [3.05, 3.63) is 52.3 Å². The maximum atomic E-state index is 13.5. The van der Waals surface area contributed by atoms with E-state index in [-0.39, 0.29) is 4.68 Å². The molecule has 0 saturated heterocycles. The Morgan fingerprint density at radius 3 is 2.29 bits per heavy atom. The molecule has 0 saturated carbocycles. The van der Waals surface area contributed by atoms with E-state index in [9.17, 15) is 44.7 Å². The summed E-state index contributed by atoms with van der Waals surface area (Å²) >= 11 is 0. The van der Waals surface area contributed by atoms with Gasteiger partial charge in [0.05, 0.1) is 17.3 Å². The van der Waals surface area contributed by atoms with Crippen molar-refractivity contribution in [2.75, 3.05) is 0 Å². The molecule has 1 N–H and O–H groups in total. The summed E-state index contributed by atoms with van der Waals surface area (Å²) in [6.07, 6.45) is -9.41. The molecule has 0 radical (unpaired) electrons. The van der Waals surface area contributed by atoms with Gasteiger partial charge in [0, 0.05) is 18.0 Å². The van der Waals surface area contributed by atoms with E-state index >= 15 is 0 Å². The minimum Gasteiger partial charge on any atom is -0.478 e. The summed E-state index contributed by atoms with van der Waals surface area (Å²) in [4.78, 5) is 26.9. The van der Waals surface area contributed by atoms with Gasteiger partial charge in [-0.1, -0.05) is 0 Å². The molecule has 7 nitrogen and oxygen atoms in total. The van der Waals surface area contributed by atoms with Crippen molar-refractivity contribution in [1.82, 2.24) is 19.2 Å². The SMILES string of the molecule is O=C(O)c1ccn2c(=O)c(-c3cnn(CC(F)(F)C(F)(F)F)c3)c(C(F)(F)F)nc2c1. The molecule has 0 aliphatic rings. The molecule has 0 aromatic carbocycles. The van der Waals surface area contributed by atoms with Gasteiger partial charge in [0.2, 0.25) is 0 Å². The van der Waals surface area contributed by atoms with E-state index in [1.807, 2.05) is 0 Å². The summed E-state index contributed by atoms with van der Waals surface area (Å²) in [6, 6.07) is 1.61. The average molecular weight is 456 g/mol. The lowest BCUT2D eigenvalue weighted by molar-refractivity contribution is -0.287. The van der Waals surface area contributed by atoms with Crippen LogP contribution in [0.25, 0.3) is 16.8 Å². The zero-order valence-electron chi connectivity index (χ0n) is 14.7. The molecule has 0 fully saturated rings. The zero-order valence-corrected chi connectivity index (χ0v) is 14.7. The van der Waals surface area contributed by atoms with E-state index in [4.69, 9.17) is 5.11 Å². The summed E-state index contributed by atoms with van der Waals surface area (Å²) in [5.41, 5.74) is -6.15. The Labute approximate surface area is 165 Å². The first-order valence-electron chi connectivity index (χ1n) is 7.96. The van der Waals surface area contributed by atoms with Crippen LogP contribution in [0, 0.1) is 0 Å². The van der Waals surface area contributed by atoms with Gasteiger partial charge in [0.1, 0.15) is 12.2 Å². The van der Waals surface area contributed by atoms with E-state index in [0.29, 0.717) is 22.9 Å². The summed E-state index contributed by atoms with van der Waals surface area (Å²) in [5.74, 6) is -6.73. The van der Waals surface area contributed by atoms with E-state index in [0.717, 1.165) is 12.3 Å². The standard InChI is InChI=1S/C16H8F8N4O3/c17-14(18,16(22,23)24)6-27-5-8(4-25-27)10-11(15(19,20)21)26-9-3-7(13(30)31)1-2-28(9)12(10)29/h1-5H,6H2,(H,30,31). The fraction of sp³-hybridized carbons (Fsp3) is 0.250. The van der Waals surface area contributed by atoms with Crippen LogP contribution in [0.15, 0.2) is 35.5 Å². The smallest absolute Gasteiger partial charge is 0.455 e. The Hall–Kier alpha value is -3.52. The van der Waals surface area contributed by atoms with Gasteiger partial charge in [-0.05, 0) is 12.1 Å². The Balaban J connectivity index is 2.19. The van der Waals surface area contributed by atoms with Crippen LogP contribution >= 0.6 is 0 Å². The lowest BCUT2D eigenvalue weighted by Gasteiger charge is -2.19. The topological polar surface area (TPSA) is 89.5 Å². The molecular weight excluding hydrogens is 448 g/mol. The van der Waals surface area contributed by atoms with Crippen LogP contribution in [0.3, 0.4) is 0 Å². The fourth-order valence-electron chi connectivity index (χ4n) is 2.61. The predicted octanol–water partition coefficient (Wildman–Crippen LogP) is 3.47. The van der Waals surface area contributed by atoms with E-state index in [2.05, 4.69) is 10.1 Å². The number of aromatic carboxylic acids is 1. The number of hydrogen-bond donors (Lipinski definition) is 1. The van der Waals surface area contributed by atoms with Crippen molar-refractivity contribution in [3.63, 3.8) is 0 Å². The summed E-state index contributed by atoms with van der Waals surface area (Å²) < 4.78 is 105. The van der Waals surface area contributed by atoms with Gasteiger partial charge >= 0.3 is 24.2 Å². The number of nitrogens with zero attached hydrogens (tertiary/aromatic N) is 4. The van der Waals surface area contributed by atoms with Gasteiger partial charge < -0.3 is 5.11 Å². The van der Waals surface area contributed by atoms with E-state index < -0.39 is 64.4 Å². The third-order valence-electron chi connectivity index (χ3n) is 4.04. The molecule has 166 valence electrons. The molecule has 0 amide bonds. The second-order valence-corrected chi connectivity index (χ2v) is 6.22. The van der Waals surface area contributed by atoms with Gasteiger partial charge in [-0.25, -0.2) is 9.78 Å². The first-order chi connectivity index (χ1) is 14.1. The third-order valence-corrected chi connectivity index (χ3v) is 4.04. The van der Waals surface area contributed by atoms with Crippen molar-refractivity contribution < 1.29 is 45.0 Å². The maximum Gasteiger partial charge on any atom is 0.455 e. The quantitative estimate of drug-likeness (QED) is 0.608. The highest BCUT2D eigenvalue weighted by Gasteiger charge is 2.57. The lowest BCUT2D eigenvalue weighted by atomic mass is 10.1. The molecule has 0 bridgehead atoms. The van der Waals surface area contributed by atoms with Gasteiger partial charge in [0.25, 0.3) is 5.56 Å². The van der Waals surface area contributed by atoms with Crippen molar-refractivity contribution in [2.24, 2.45) is 0 Å². The van der Waals surface area contributed by atoms with Gasteiger partial charge in [-0.2, -0.15) is 40.2 Å². The minimum absolute atomic E-state index is 0.0464. The number of carboxylic acid groups (broad SMARTS) is 1. The van der Waals surface area contributed by atoms with Crippen molar-refractivity contribution >= 4 is 11.6 Å². The number of aromatic nitrogens is 4. The fourth-order valence-corrected chi connectivity index (χ4v) is 2.61. The first-order valence-corrected chi connectivity index (χ1v) is 7.96. The number of halogens is 8. The molecule has 15 heteroatoms. The number of carboxylic acids is 1. The van der Waals surface area contributed by atoms with Crippen LogP contribution in [-0.4, -0.2) is 42.3 Å². The van der Waals surface area contributed by atoms with Gasteiger partial charge in [-0.3, -0.25) is 13.9 Å². The minimum atomic E-state index is -5.93. The summed E-state index contributed by atoms with van der Waals surface area (Å²) in [6.45, 7) is -2.03. The van der Waals surface area contributed by atoms with E-state index in [1.165, 1.54) is 0 Å². The Kier molecular flexibility index (Phi) is 5.02. The van der Waals surface area contributed by atoms with Gasteiger partial charge in [-0.15, -0.1) is 0 Å². The molecule has 0 unspecified atom stereocenters. The van der Waals surface area contributed by atoms with Crippen molar-refractivity contribution in [2.45, 2.75) is 24.8 Å². The lowest BCUT2D eigenvalue weighted by Crippen LogP contribution is -2.40. The third kappa shape index (κ3) is 4.06. The first kappa shape index (κ1) is 22.2. The number of rotatable bonds is 4. The second-order valence-electron chi connectivity index (χ2n) is 6.22. The van der Waals surface area contributed by atoms with E-state index in [1.54, 1.807) is 0 Å². The second kappa shape index (κ2) is 7.02. The maximum absolute atomic E-state index is 13.5. The molecule has 0 spiro atoms. The van der Waals surface area contributed by atoms with Crippen LogP contribution in [0.2, 0.25) is 0 Å². The van der Waals surface area contributed by atoms with Crippen molar-refractivity contribution in [3.8, 4) is 11.1 Å². The number of carbonyl (C=O) groups is 1. The molecule has 3 rings (SSSR count). The van der Waals surface area contributed by atoms with Crippen LogP contribution in [-0.2, 0) is 12.7 Å². The molecule has 0 atom stereocenters.